The Hall–Kier alpha value is -0.540. The molecule has 0 spiro atoms. The van der Waals surface area contributed by atoms with Gasteiger partial charge >= 0.3 is 0 Å². The number of benzene rings is 1. The van der Waals surface area contributed by atoms with Crippen molar-refractivity contribution in [2.45, 2.75) is 0 Å². The van der Waals surface area contributed by atoms with E-state index in [-0.39, 0.29) is 0 Å². The van der Waals surface area contributed by atoms with E-state index in [1.807, 2.05) is 0 Å². The Morgan fingerprint density at radius 1 is 1.58 bits per heavy atom. The molecule has 12 heavy (non-hydrogen) atoms. The van der Waals surface area contributed by atoms with Crippen molar-refractivity contribution in [3.05, 3.63) is 28.2 Å². The van der Waals surface area contributed by atoms with Crippen LogP contribution in [0.4, 0.5) is 0 Å². The summed E-state index contributed by atoms with van der Waals surface area (Å²) >= 11 is 8.55. The number of ether oxygens (including phenoxy) is 1. The Labute approximate surface area is 83.6 Å². The van der Waals surface area contributed by atoms with Crippen LogP contribution in [-0.2, 0) is 0 Å². The maximum atomic E-state index is 10.8. The summed E-state index contributed by atoms with van der Waals surface area (Å²) in [5, 5.41) is -0.520. The third-order valence-corrected chi connectivity index (χ3v) is 2.07. The molecule has 0 aliphatic carbocycles. The number of rotatable bonds is 2. The SMILES string of the molecule is COc1ccc(Br)cc1C(=O)Cl. The Morgan fingerprint density at radius 3 is 2.75 bits per heavy atom. The van der Waals surface area contributed by atoms with Gasteiger partial charge in [-0.15, -0.1) is 0 Å². The summed E-state index contributed by atoms with van der Waals surface area (Å²) in [7, 11) is 1.49. The first-order valence-electron chi connectivity index (χ1n) is 3.18. The van der Waals surface area contributed by atoms with Crippen LogP contribution in [-0.4, -0.2) is 12.4 Å². The van der Waals surface area contributed by atoms with E-state index in [9.17, 15) is 4.79 Å². The fraction of sp³-hybridized carbons (Fsp3) is 0.125. The lowest BCUT2D eigenvalue weighted by Gasteiger charge is -2.03. The van der Waals surface area contributed by atoms with Gasteiger partial charge in [-0.25, -0.2) is 0 Å². The van der Waals surface area contributed by atoms with Crippen LogP contribution in [0.15, 0.2) is 22.7 Å². The molecule has 0 fully saturated rings. The fourth-order valence-corrected chi connectivity index (χ4v) is 1.34. The molecular formula is C8H6BrClO2. The molecule has 1 aromatic rings. The predicted molar refractivity (Wildman–Crippen MR) is 50.9 cm³/mol. The lowest BCUT2D eigenvalue weighted by atomic mass is 10.2. The number of hydrogen-bond donors (Lipinski definition) is 0. The number of methoxy groups -OCH3 is 1. The molecule has 1 aromatic carbocycles. The molecule has 0 atom stereocenters. The van der Waals surface area contributed by atoms with Gasteiger partial charge in [0.25, 0.3) is 5.24 Å². The van der Waals surface area contributed by atoms with E-state index in [0.717, 1.165) is 4.47 Å². The highest BCUT2D eigenvalue weighted by molar-refractivity contribution is 9.10. The Bertz CT molecular complexity index is 312. The number of halogens is 2. The van der Waals surface area contributed by atoms with Gasteiger partial charge in [0.1, 0.15) is 5.75 Å². The topological polar surface area (TPSA) is 26.3 Å². The largest absolute Gasteiger partial charge is 0.496 e. The van der Waals surface area contributed by atoms with Gasteiger partial charge in [-0.1, -0.05) is 15.9 Å². The fourth-order valence-electron chi connectivity index (χ4n) is 0.834. The number of carbonyl (C=O) groups is 1. The zero-order valence-electron chi connectivity index (χ0n) is 6.30. The van der Waals surface area contributed by atoms with Gasteiger partial charge in [0.05, 0.1) is 12.7 Å². The van der Waals surface area contributed by atoms with Crippen molar-refractivity contribution in [3.8, 4) is 5.75 Å². The highest BCUT2D eigenvalue weighted by atomic mass is 79.9. The molecule has 4 heteroatoms. The van der Waals surface area contributed by atoms with Crippen LogP contribution >= 0.6 is 27.5 Å². The van der Waals surface area contributed by atoms with Gasteiger partial charge in [0, 0.05) is 4.47 Å². The van der Waals surface area contributed by atoms with E-state index in [1.165, 1.54) is 7.11 Å². The molecule has 0 heterocycles. The first-order chi connectivity index (χ1) is 5.65. The van der Waals surface area contributed by atoms with Gasteiger partial charge in [0.2, 0.25) is 0 Å². The van der Waals surface area contributed by atoms with Crippen LogP contribution in [0, 0.1) is 0 Å². The van der Waals surface area contributed by atoms with Crippen LogP contribution < -0.4 is 4.74 Å². The average Bonchev–Trinajstić information content (AvgIpc) is 2.04. The lowest BCUT2D eigenvalue weighted by molar-refractivity contribution is 0.107. The summed E-state index contributed by atoms with van der Waals surface area (Å²) in [6.45, 7) is 0. The molecule has 0 amide bonds. The maximum Gasteiger partial charge on any atom is 0.256 e. The van der Waals surface area contributed by atoms with Crippen molar-refractivity contribution >= 4 is 32.8 Å². The molecule has 0 saturated carbocycles. The average molecular weight is 249 g/mol. The maximum absolute atomic E-state index is 10.8. The summed E-state index contributed by atoms with van der Waals surface area (Å²) in [6, 6.07) is 5.08. The number of hydrogen-bond acceptors (Lipinski definition) is 2. The summed E-state index contributed by atoms with van der Waals surface area (Å²) < 4.78 is 5.73. The lowest BCUT2D eigenvalue weighted by Crippen LogP contribution is -1.94. The highest BCUT2D eigenvalue weighted by Gasteiger charge is 2.09. The van der Waals surface area contributed by atoms with Gasteiger partial charge in [0.15, 0.2) is 0 Å². The first kappa shape index (κ1) is 9.55. The molecule has 0 radical (unpaired) electrons. The molecule has 0 bridgehead atoms. The number of carbonyl (C=O) groups excluding carboxylic acids is 1. The van der Waals surface area contributed by atoms with Crippen molar-refractivity contribution in [1.29, 1.82) is 0 Å². The molecule has 64 valence electrons. The second-order valence-electron chi connectivity index (χ2n) is 2.12. The predicted octanol–water partition coefficient (Wildman–Crippen LogP) is 2.84. The molecule has 0 aliphatic rings. The van der Waals surface area contributed by atoms with Crippen LogP contribution in [0.1, 0.15) is 10.4 Å². The second kappa shape index (κ2) is 3.92. The van der Waals surface area contributed by atoms with E-state index >= 15 is 0 Å². The van der Waals surface area contributed by atoms with Crippen LogP contribution in [0.3, 0.4) is 0 Å². The molecule has 0 aromatic heterocycles. The van der Waals surface area contributed by atoms with Crippen LogP contribution in [0.2, 0.25) is 0 Å². The zero-order chi connectivity index (χ0) is 9.14. The Balaban J connectivity index is 3.21. The molecule has 0 aliphatic heterocycles. The molecule has 0 unspecified atom stereocenters. The molecular weight excluding hydrogens is 243 g/mol. The normalized spacial score (nSPS) is 9.58. The second-order valence-corrected chi connectivity index (χ2v) is 3.38. The van der Waals surface area contributed by atoms with Crippen molar-refractivity contribution in [3.63, 3.8) is 0 Å². The Kier molecular flexibility index (Phi) is 3.12. The third-order valence-electron chi connectivity index (χ3n) is 1.37. The van der Waals surface area contributed by atoms with E-state index in [4.69, 9.17) is 16.3 Å². The van der Waals surface area contributed by atoms with Crippen molar-refractivity contribution in [2.75, 3.05) is 7.11 Å². The van der Waals surface area contributed by atoms with Crippen LogP contribution in [0.5, 0.6) is 5.75 Å². The summed E-state index contributed by atoms with van der Waals surface area (Å²) in [6.07, 6.45) is 0. The third kappa shape index (κ3) is 1.99. The summed E-state index contributed by atoms with van der Waals surface area (Å²) in [5.41, 5.74) is 0.369. The van der Waals surface area contributed by atoms with E-state index < -0.39 is 5.24 Å². The van der Waals surface area contributed by atoms with E-state index in [0.29, 0.717) is 11.3 Å². The van der Waals surface area contributed by atoms with E-state index in [2.05, 4.69) is 15.9 Å². The molecule has 0 saturated heterocycles. The highest BCUT2D eigenvalue weighted by Crippen LogP contribution is 2.24. The minimum absolute atomic E-state index is 0.369. The standard InChI is InChI=1S/C8H6BrClO2/c1-12-7-3-2-5(9)4-6(7)8(10)11/h2-4H,1H3. The zero-order valence-corrected chi connectivity index (χ0v) is 8.65. The van der Waals surface area contributed by atoms with Gasteiger partial charge in [-0.2, -0.15) is 0 Å². The van der Waals surface area contributed by atoms with Gasteiger partial charge in [-0.05, 0) is 29.8 Å². The smallest absolute Gasteiger partial charge is 0.256 e. The molecule has 1 rings (SSSR count). The summed E-state index contributed by atoms with van der Waals surface area (Å²) in [5.74, 6) is 0.484. The summed E-state index contributed by atoms with van der Waals surface area (Å²) in [4.78, 5) is 10.8. The van der Waals surface area contributed by atoms with E-state index in [1.54, 1.807) is 18.2 Å². The molecule has 0 N–H and O–H groups in total. The van der Waals surface area contributed by atoms with Crippen LogP contribution in [0.25, 0.3) is 0 Å². The van der Waals surface area contributed by atoms with Crippen molar-refractivity contribution in [2.24, 2.45) is 0 Å². The van der Waals surface area contributed by atoms with Crippen molar-refractivity contribution in [1.82, 2.24) is 0 Å². The van der Waals surface area contributed by atoms with Gasteiger partial charge in [-0.3, -0.25) is 4.79 Å². The monoisotopic (exact) mass is 248 g/mol. The first-order valence-corrected chi connectivity index (χ1v) is 4.35. The minimum Gasteiger partial charge on any atom is -0.496 e. The molecule has 2 nitrogen and oxygen atoms in total. The quantitative estimate of drug-likeness (QED) is 0.754. The minimum atomic E-state index is -0.520. The van der Waals surface area contributed by atoms with Gasteiger partial charge < -0.3 is 4.74 Å². The van der Waals surface area contributed by atoms with Crippen molar-refractivity contribution < 1.29 is 9.53 Å². The Morgan fingerprint density at radius 2 is 2.25 bits per heavy atom.